The van der Waals surface area contributed by atoms with Crippen LogP contribution in [0.15, 0.2) is 0 Å². The summed E-state index contributed by atoms with van der Waals surface area (Å²) >= 11 is 0. The zero-order chi connectivity index (χ0) is 12.6. The van der Waals surface area contributed by atoms with Crippen molar-refractivity contribution in [1.29, 1.82) is 0 Å². The van der Waals surface area contributed by atoms with Crippen molar-refractivity contribution >= 4 is 18.3 Å². The highest BCUT2D eigenvalue weighted by atomic mass is 35.5. The van der Waals surface area contributed by atoms with Crippen LogP contribution < -0.4 is 10.6 Å². The van der Waals surface area contributed by atoms with Crippen LogP contribution in [-0.4, -0.2) is 25.5 Å². The van der Waals surface area contributed by atoms with Gasteiger partial charge in [0, 0.05) is 13.0 Å². The summed E-state index contributed by atoms with van der Waals surface area (Å²) in [6.45, 7) is 3.09. The molecule has 0 radical (unpaired) electrons. The van der Waals surface area contributed by atoms with Gasteiger partial charge in [0.2, 0.25) is 5.91 Å². The second-order valence-corrected chi connectivity index (χ2v) is 6.08. The molecule has 1 amide bonds. The SMILES string of the molecule is Cl.O=C(CC1CCCCCC1)NCC1CCCNC1. The van der Waals surface area contributed by atoms with Gasteiger partial charge in [0.25, 0.3) is 0 Å². The van der Waals surface area contributed by atoms with Crippen molar-refractivity contribution in [3.8, 4) is 0 Å². The largest absolute Gasteiger partial charge is 0.356 e. The summed E-state index contributed by atoms with van der Waals surface area (Å²) in [6, 6.07) is 0. The van der Waals surface area contributed by atoms with Crippen molar-refractivity contribution in [2.75, 3.05) is 19.6 Å². The molecule has 1 saturated carbocycles. The minimum atomic E-state index is 0. The van der Waals surface area contributed by atoms with Gasteiger partial charge in [-0.05, 0) is 50.6 Å². The van der Waals surface area contributed by atoms with Gasteiger partial charge in [0.1, 0.15) is 0 Å². The normalized spacial score (nSPS) is 25.2. The van der Waals surface area contributed by atoms with Crippen molar-refractivity contribution in [3.05, 3.63) is 0 Å². The zero-order valence-corrected chi connectivity index (χ0v) is 12.8. The molecule has 4 heteroatoms. The van der Waals surface area contributed by atoms with Gasteiger partial charge in [-0.15, -0.1) is 12.4 Å². The molecule has 0 aromatic heterocycles. The van der Waals surface area contributed by atoms with Crippen LogP contribution in [0, 0.1) is 11.8 Å². The third-order valence-corrected chi connectivity index (χ3v) is 4.44. The van der Waals surface area contributed by atoms with Gasteiger partial charge in [0.15, 0.2) is 0 Å². The van der Waals surface area contributed by atoms with Crippen molar-refractivity contribution in [3.63, 3.8) is 0 Å². The minimum absolute atomic E-state index is 0. The highest BCUT2D eigenvalue weighted by molar-refractivity contribution is 5.85. The fourth-order valence-corrected chi connectivity index (χ4v) is 3.26. The first-order chi connectivity index (χ1) is 8.84. The number of nitrogens with one attached hydrogen (secondary N) is 2. The van der Waals surface area contributed by atoms with E-state index in [1.165, 1.54) is 51.4 Å². The van der Waals surface area contributed by atoms with Crippen LogP contribution in [0.25, 0.3) is 0 Å². The van der Waals surface area contributed by atoms with E-state index in [-0.39, 0.29) is 18.3 Å². The summed E-state index contributed by atoms with van der Waals surface area (Å²) in [4.78, 5) is 11.9. The highest BCUT2D eigenvalue weighted by Crippen LogP contribution is 2.25. The molecule has 1 saturated heterocycles. The third-order valence-electron chi connectivity index (χ3n) is 4.44. The summed E-state index contributed by atoms with van der Waals surface area (Å²) in [5.41, 5.74) is 0. The number of amides is 1. The lowest BCUT2D eigenvalue weighted by Gasteiger charge is -2.23. The quantitative estimate of drug-likeness (QED) is 0.781. The highest BCUT2D eigenvalue weighted by Gasteiger charge is 2.17. The topological polar surface area (TPSA) is 41.1 Å². The Morgan fingerprint density at radius 1 is 1.00 bits per heavy atom. The second-order valence-electron chi connectivity index (χ2n) is 6.08. The van der Waals surface area contributed by atoms with E-state index in [2.05, 4.69) is 10.6 Å². The Balaban J connectivity index is 0.00000180. The maximum atomic E-state index is 11.9. The molecule has 19 heavy (non-hydrogen) atoms. The molecule has 0 aromatic carbocycles. The molecule has 0 bridgehead atoms. The lowest BCUT2D eigenvalue weighted by molar-refractivity contribution is -0.122. The Kier molecular flexibility index (Phi) is 8.47. The molecule has 1 aliphatic heterocycles. The lowest BCUT2D eigenvalue weighted by atomic mass is 9.95. The smallest absolute Gasteiger partial charge is 0.220 e. The molecule has 2 rings (SSSR count). The molecule has 112 valence electrons. The first-order valence-electron chi connectivity index (χ1n) is 7.82. The van der Waals surface area contributed by atoms with E-state index in [1.54, 1.807) is 0 Å². The van der Waals surface area contributed by atoms with Gasteiger partial charge in [-0.3, -0.25) is 4.79 Å². The van der Waals surface area contributed by atoms with Gasteiger partial charge >= 0.3 is 0 Å². The average Bonchev–Trinajstić information content (AvgIpc) is 2.66. The Morgan fingerprint density at radius 3 is 2.32 bits per heavy atom. The summed E-state index contributed by atoms with van der Waals surface area (Å²) in [5.74, 6) is 1.58. The van der Waals surface area contributed by atoms with Crippen LogP contribution in [0.2, 0.25) is 0 Å². The van der Waals surface area contributed by atoms with Crippen LogP contribution in [0.4, 0.5) is 0 Å². The van der Waals surface area contributed by atoms with E-state index in [9.17, 15) is 4.79 Å². The van der Waals surface area contributed by atoms with Crippen molar-refractivity contribution in [2.24, 2.45) is 11.8 Å². The number of hydrogen-bond donors (Lipinski definition) is 2. The molecular weight excluding hydrogens is 260 g/mol. The summed E-state index contributed by atoms with van der Waals surface area (Å²) < 4.78 is 0. The van der Waals surface area contributed by atoms with Crippen LogP contribution in [0.1, 0.15) is 57.8 Å². The average molecular weight is 289 g/mol. The number of carbonyl (C=O) groups excluding carboxylic acids is 1. The van der Waals surface area contributed by atoms with Crippen molar-refractivity contribution in [1.82, 2.24) is 10.6 Å². The number of piperidine rings is 1. The predicted molar refractivity (Wildman–Crippen MR) is 81.7 cm³/mol. The molecule has 1 unspecified atom stereocenters. The Hall–Kier alpha value is -0.280. The fraction of sp³-hybridized carbons (Fsp3) is 0.933. The van der Waals surface area contributed by atoms with Gasteiger partial charge in [-0.25, -0.2) is 0 Å². The van der Waals surface area contributed by atoms with E-state index >= 15 is 0 Å². The first-order valence-corrected chi connectivity index (χ1v) is 7.82. The minimum Gasteiger partial charge on any atom is -0.356 e. The van der Waals surface area contributed by atoms with Crippen molar-refractivity contribution < 1.29 is 4.79 Å². The molecule has 3 nitrogen and oxygen atoms in total. The monoisotopic (exact) mass is 288 g/mol. The van der Waals surface area contributed by atoms with E-state index in [0.717, 1.165) is 26.1 Å². The standard InChI is InChI=1S/C15H28N2O.ClH/c18-15(10-13-6-3-1-2-4-7-13)17-12-14-8-5-9-16-11-14;/h13-14,16H,1-12H2,(H,17,18);1H. The maximum Gasteiger partial charge on any atom is 0.220 e. The molecule has 2 fully saturated rings. The van der Waals surface area contributed by atoms with Crippen molar-refractivity contribution in [2.45, 2.75) is 57.8 Å². The van der Waals surface area contributed by atoms with Crippen LogP contribution in [0.5, 0.6) is 0 Å². The number of halogens is 1. The maximum absolute atomic E-state index is 11.9. The zero-order valence-electron chi connectivity index (χ0n) is 12.0. The molecule has 0 spiro atoms. The molecule has 1 atom stereocenters. The second kappa shape index (κ2) is 9.60. The molecular formula is C15H29ClN2O. The van der Waals surface area contributed by atoms with Gasteiger partial charge in [0.05, 0.1) is 0 Å². The first kappa shape index (κ1) is 16.8. The van der Waals surface area contributed by atoms with E-state index < -0.39 is 0 Å². The summed E-state index contributed by atoms with van der Waals surface area (Å²) in [7, 11) is 0. The van der Waals surface area contributed by atoms with E-state index in [0.29, 0.717) is 11.8 Å². The molecule has 2 N–H and O–H groups in total. The molecule has 0 aromatic rings. The van der Waals surface area contributed by atoms with Gasteiger partial charge < -0.3 is 10.6 Å². The Morgan fingerprint density at radius 2 is 1.68 bits per heavy atom. The Bertz CT molecular complexity index is 247. The van der Waals surface area contributed by atoms with E-state index in [4.69, 9.17) is 0 Å². The van der Waals surface area contributed by atoms with E-state index in [1.807, 2.05) is 0 Å². The Labute approximate surface area is 123 Å². The summed E-state index contributed by atoms with van der Waals surface area (Å²) in [6.07, 6.45) is 11.2. The molecule has 2 aliphatic rings. The fourth-order valence-electron chi connectivity index (χ4n) is 3.26. The number of carbonyl (C=O) groups is 1. The number of rotatable bonds is 4. The number of hydrogen-bond acceptors (Lipinski definition) is 2. The van der Waals surface area contributed by atoms with Gasteiger partial charge in [-0.1, -0.05) is 25.7 Å². The predicted octanol–water partition coefficient (Wildman–Crippen LogP) is 2.88. The lowest BCUT2D eigenvalue weighted by Crippen LogP contribution is -2.38. The van der Waals surface area contributed by atoms with Crippen LogP contribution in [0.3, 0.4) is 0 Å². The summed E-state index contributed by atoms with van der Waals surface area (Å²) in [5, 5.41) is 6.54. The van der Waals surface area contributed by atoms with Crippen LogP contribution in [-0.2, 0) is 4.79 Å². The van der Waals surface area contributed by atoms with Gasteiger partial charge in [-0.2, -0.15) is 0 Å². The third kappa shape index (κ3) is 6.62. The molecule has 1 heterocycles. The van der Waals surface area contributed by atoms with Crippen LogP contribution >= 0.6 is 12.4 Å². The molecule has 1 aliphatic carbocycles.